The van der Waals surface area contributed by atoms with Gasteiger partial charge in [0.15, 0.2) is 0 Å². The highest BCUT2D eigenvalue weighted by Gasteiger charge is 2.14. The van der Waals surface area contributed by atoms with E-state index >= 15 is 0 Å². The number of nitrogens with one attached hydrogen (secondary N) is 1. The van der Waals surface area contributed by atoms with E-state index < -0.39 is 11.9 Å². The van der Waals surface area contributed by atoms with Crippen LogP contribution in [0, 0.1) is 0 Å². The molecule has 0 aliphatic rings. The smallest absolute Gasteiger partial charge is 0.337 e. The molecule has 0 fully saturated rings. The second-order valence-corrected chi connectivity index (χ2v) is 4.48. The summed E-state index contributed by atoms with van der Waals surface area (Å²) in [5.41, 5.74) is 0.767. The highest BCUT2D eigenvalue weighted by molar-refractivity contribution is 6.34. The Labute approximate surface area is 125 Å². The van der Waals surface area contributed by atoms with Gasteiger partial charge in [0.25, 0.3) is 0 Å². The van der Waals surface area contributed by atoms with Crippen LogP contribution < -0.4 is 5.32 Å². The van der Waals surface area contributed by atoms with Gasteiger partial charge in [0.05, 0.1) is 16.3 Å². The molecule has 1 aromatic heterocycles. The normalized spacial score (nSPS) is 10.5. The fourth-order valence-electron chi connectivity index (χ4n) is 1.64. The van der Waals surface area contributed by atoms with Gasteiger partial charge in [-0.1, -0.05) is 23.7 Å². The molecule has 0 atom stereocenters. The third kappa shape index (κ3) is 3.90. The molecule has 2 rings (SSSR count). The summed E-state index contributed by atoms with van der Waals surface area (Å²) < 4.78 is 0. The number of carbonyl (C=O) groups is 2. The van der Waals surface area contributed by atoms with Gasteiger partial charge >= 0.3 is 5.97 Å². The molecule has 1 aromatic carbocycles. The second kappa shape index (κ2) is 6.67. The fraction of sp³-hybridized carbons (Fsp3) is 0. The summed E-state index contributed by atoms with van der Waals surface area (Å²) in [4.78, 5) is 26.9. The summed E-state index contributed by atoms with van der Waals surface area (Å²) in [6.45, 7) is 0. The Morgan fingerprint density at radius 3 is 2.71 bits per heavy atom. The Balaban J connectivity index is 2.17. The van der Waals surface area contributed by atoms with Crippen molar-refractivity contribution in [2.75, 3.05) is 5.32 Å². The minimum atomic E-state index is -1.16. The van der Waals surface area contributed by atoms with Gasteiger partial charge in [0, 0.05) is 18.5 Å². The van der Waals surface area contributed by atoms with E-state index in [1.54, 1.807) is 30.6 Å². The SMILES string of the molecule is O=C(/C=C/c1cccnc1)Nc1c(Cl)cccc1C(=O)O. The van der Waals surface area contributed by atoms with Crippen molar-refractivity contribution >= 4 is 35.2 Å². The molecule has 2 N–H and O–H groups in total. The first-order chi connectivity index (χ1) is 10.1. The first kappa shape index (κ1) is 14.7. The average molecular weight is 303 g/mol. The van der Waals surface area contributed by atoms with Crippen LogP contribution in [0.1, 0.15) is 15.9 Å². The van der Waals surface area contributed by atoms with E-state index in [1.165, 1.54) is 24.3 Å². The molecule has 5 nitrogen and oxygen atoms in total. The van der Waals surface area contributed by atoms with Gasteiger partial charge in [-0.15, -0.1) is 0 Å². The number of nitrogens with zero attached hydrogens (tertiary/aromatic N) is 1. The van der Waals surface area contributed by atoms with Gasteiger partial charge in [-0.3, -0.25) is 9.78 Å². The van der Waals surface area contributed by atoms with E-state index in [9.17, 15) is 9.59 Å². The first-order valence-corrected chi connectivity index (χ1v) is 6.36. The highest BCUT2D eigenvalue weighted by atomic mass is 35.5. The molecule has 1 heterocycles. The Hall–Kier alpha value is -2.66. The molecule has 0 saturated heterocycles. The van der Waals surface area contributed by atoms with Gasteiger partial charge < -0.3 is 10.4 Å². The molecule has 2 aromatic rings. The van der Waals surface area contributed by atoms with E-state index in [0.29, 0.717) is 0 Å². The number of hydrogen-bond donors (Lipinski definition) is 2. The number of carboxylic acid groups (broad SMARTS) is 1. The maximum absolute atomic E-state index is 11.8. The Morgan fingerprint density at radius 2 is 2.05 bits per heavy atom. The summed E-state index contributed by atoms with van der Waals surface area (Å²) in [5.74, 6) is -1.64. The van der Waals surface area contributed by atoms with Crippen LogP contribution in [0.5, 0.6) is 0 Å². The third-order valence-electron chi connectivity index (χ3n) is 2.60. The van der Waals surface area contributed by atoms with Crippen molar-refractivity contribution in [1.29, 1.82) is 0 Å². The van der Waals surface area contributed by atoms with E-state index in [-0.39, 0.29) is 16.3 Å². The molecular weight excluding hydrogens is 292 g/mol. The van der Waals surface area contributed by atoms with Crippen LogP contribution in [-0.4, -0.2) is 22.0 Å². The van der Waals surface area contributed by atoms with Gasteiger partial charge in [0.1, 0.15) is 0 Å². The number of benzene rings is 1. The molecule has 106 valence electrons. The van der Waals surface area contributed by atoms with E-state index in [4.69, 9.17) is 16.7 Å². The van der Waals surface area contributed by atoms with Gasteiger partial charge in [-0.25, -0.2) is 4.79 Å². The van der Waals surface area contributed by atoms with Crippen molar-refractivity contribution in [3.05, 3.63) is 65.0 Å². The summed E-state index contributed by atoms with van der Waals surface area (Å²) in [6, 6.07) is 7.92. The molecule has 1 amide bonds. The number of rotatable bonds is 4. The maximum Gasteiger partial charge on any atom is 0.337 e. The quantitative estimate of drug-likeness (QED) is 0.851. The number of carboxylic acids is 1. The molecule has 0 spiro atoms. The zero-order chi connectivity index (χ0) is 15.2. The largest absolute Gasteiger partial charge is 0.478 e. The lowest BCUT2D eigenvalue weighted by molar-refractivity contribution is -0.111. The lowest BCUT2D eigenvalue weighted by atomic mass is 10.1. The predicted molar refractivity (Wildman–Crippen MR) is 80.3 cm³/mol. The molecule has 6 heteroatoms. The fourth-order valence-corrected chi connectivity index (χ4v) is 1.86. The highest BCUT2D eigenvalue weighted by Crippen LogP contribution is 2.26. The third-order valence-corrected chi connectivity index (χ3v) is 2.92. The molecule has 0 aliphatic heterocycles. The Morgan fingerprint density at radius 1 is 1.24 bits per heavy atom. The summed E-state index contributed by atoms with van der Waals surface area (Å²) >= 11 is 5.92. The number of amides is 1. The van der Waals surface area contributed by atoms with Crippen LogP contribution >= 0.6 is 11.6 Å². The molecule has 0 saturated carbocycles. The molecule has 0 bridgehead atoms. The zero-order valence-electron chi connectivity index (χ0n) is 10.8. The lowest BCUT2D eigenvalue weighted by Gasteiger charge is -2.08. The summed E-state index contributed by atoms with van der Waals surface area (Å²) in [6.07, 6.45) is 6.08. The van der Waals surface area contributed by atoms with E-state index in [2.05, 4.69) is 10.3 Å². The van der Waals surface area contributed by atoms with Gasteiger partial charge in [0.2, 0.25) is 5.91 Å². The number of carbonyl (C=O) groups excluding carboxylic acids is 1. The second-order valence-electron chi connectivity index (χ2n) is 4.08. The molecular formula is C15H11ClN2O3. The van der Waals surface area contributed by atoms with Crippen molar-refractivity contribution in [1.82, 2.24) is 4.98 Å². The van der Waals surface area contributed by atoms with Gasteiger partial charge in [-0.05, 0) is 29.8 Å². The van der Waals surface area contributed by atoms with Crippen LogP contribution in [0.3, 0.4) is 0 Å². The van der Waals surface area contributed by atoms with Crippen LogP contribution in [0.25, 0.3) is 6.08 Å². The predicted octanol–water partition coefficient (Wildman–Crippen LogP) is 3.09. The Bertz CT molecular complexity index is 699. The van der Waals surface area contributed by atoms with Crippen molar-refractivity contribution in [2.45, 2.75) is 0 Å². The lowest BCUT2D eigenvalue weighted by Crippen LogP contribution is -2.12. The van der Waals surface area contributed by atoms with Crippen LogP contribution in [0.4, 0.5) is 5.69 Å². The number of hydrogen-bond acceptors (Lipinski definition) is 3. The van der Waals surface area contributed by atoms with Crippen LogP contribution in [0.2, 0.25) is 5.02 Å². The van der Waals surface area contributed by atoms with E-state index in [0.717, 1.165) is 5.56 Å². The topological polar surface area (TPSA) is 79.3 Å². The van der Waals surface area contributed by atoms with Crippen LogP contribution in [0.15, 0.2) is 48.8 Å². The number of aromatic nitrogens is 1. The summed E-state index contributed by atoms with van der Waals surface area (Å²) in [5, 5.41) is 11.7. The average Bonchev–Trinajstić information content (AvgIpc) is 2.48. The minimum absolute atomic E-state index is 0.0642. The van der Waals surface area contributed by atoms with Crippen molar-refractivity contribution < 1.29 is 14.7 Å². The number of halogens is 1. The van der Waals surface area contributed by atoms with Crippen molar-refractivity contribution in [2.24, 2.45) is 0 Å². The Kier molecular flexibility index (Phi) is 4.68. The molecule has 0 unspecified atom stereocenters. The number of para-hydroxylation sites is 1. The monoisotopic (exact) mass is 302 g/mol. The van der Waals surface area contributed by atoms with Gasteiger partial charge in [-0.2, -0.15) is 0 Å². The number of pyridine rings is 1. The molecule has 0 aliphatic carbocycles. The zero-order valence-corrected chi connectivity index (χ0v) is 11.5. The minimum Gasteiger partial charge on any atom is -0.478 e. The summed E-state index contributed by atoms with van der Waals surface area (Å²) in [7, 11) is 0. The molecule has 0 radical (unpaired) electrons. The first-order valence-electron chi connectivity index (χ1n) is 5.99. The number of aromatic carboxylic acids is 1. The van der Waals surface area contributed by atoms with Crippen molar-refractivity contribution in [3.8, 4) is 0 Å². The van der Waals surface area contributed by atoms with E-state index in [1.807, 2.05) is 0 Å². The number of anilines is 1. The maximum atomic E-state index is 11.8. The van der Waals surface area contributed by atoms with Crippen LogP contribution in [-0.2, 0) is 4.79 Å². The standard InChI is InChI=1S/C15H11ClN2O3/c16-12-5-1-4-11(15(20)21)14(12)18-13(19)7-6-10-3-2-8-17-9-10/h1-9H,(H,18,19)(H,20,21)/b7-6+. The van der Waals surface area contributed by atoms with Crippen molar-refractivity contribution in [3.63, 3.8) is 0 Å². The molecule has 21 heavy (non-hydrogen) atoms.